The fourth-order valence-corrected chi connectivity index (χ4v) is 5.06. The van der Waals surface area contributed by atoms with Gasteiger partial charge in [-0.2, -0.15) is 0 Å². The van der Waals surface area contributed by atoms with Crippen LogP contribution in [0.5, 0.6) is 16.7 Å². The molecule has 7 nitrogen and oxygen atoms in total. The van der Waals surface area contributed by atoms with E-state index in [1.165, 1.54) is 18.9 Å². The molecule has 0 fully saturated rings. The van der Waals surface area contributed by atoms with Gasteiger partial charge in [0, 0.05) is 0 Å². The number of thiazole rings is 1. The fraction of sp³-hybridized carbons (Fsp3) is 0.370. The zero-order chi connectivity index (χ0) is 25.0. The van der Waals surface area contributed by atoms with Crippen LogP contribution in [0.1, 0.15) is 60.5 Å². The number of aromatic nitrogens is 1. The maximum Gasteiger partial charge on any atom is 0.331 e. The smallest absolute Gasteiger partial charge is 0.331 e. The van der Waals surface area contributed by atoms with E-state index in [9.17, 15) is 9.59 Å². The summed E-state index contributed by atoms with van der Waals surface area (Å²) in [7, 11) is 1.32. The first-order valence-electron chi connectivity index (χ1n) is 11.7. The maximum absolute atomic E-state index is 12.8. The number of fused-ring (bicyclic) bond motifs is 1. The number of rotatable bonds is 8. The highest BCUT2D eigenvalue weighted by Crippen LogP contribution is 2.38. The van der Waals surface area contributed by atoms with E-state index in [4.69, 9.17) is 14.2 Å². The minimum Gasteiger partial charge on any atom is -0.485 e. The van der Waals surface area contributed by atoms with Crippen LogP contribution >= 0.6 is 11.3 Å². The highest BCUT2D eigenvalue weighted by molar-refractivity contribution is 7.15. The predicted molar refractivity (Wildman–Crippen MR) is 134 cm³/mol. The van der Waals surface area contributed by atoms with E-state index in [1.807, 2.05) is 50.2 Å². The number of aryl methyl sites for hydroxylation is 1. The minimum atomic E-state index is -1.12. The predicted octanol–water partition coefficient (Wildman–Crippen LogP) is 5.71. The van der Waals surface area contributed by atoms with Gasteiger partial charge in [-0.15, -0.1) is 0 Å². The lowest BCUT2D eigenvalue weighted by atomic mass is 9.90. The quantitative estimate of drug-likeness (QED) is 0.404. The fourth-order valence-electron chi connectivity index (χ4n) is 4.38. The van der Waals surface area contributed by atoms with Crippen LogP contribution in [0.3, 0.4) is 0 Å². The van der Waals surface area contributed by atoms with Gasteiger partial charge >= 0.3 is 5.97 Å². The lowest BCUT2D eigenvalue weighted by molar-refractivity contribution is -0.148. The third-order valence-corrected chi connectivity index (χ3v) is 6.78. The van der Waals surface area contributed by atoms with Gasteiger partial charge in [0.1, 0.15) is 28.0 Å². The Kier molecular flexibility index (Phi) is 7.40. The number of amides is 1. The Hall–Kier alpha value is -3.39. The van der Waals surface area contributed by atoms with E-state index in [-0.39, 0.29) is 12.0 Å². The van der Waals surface area contributed by atoms with Gasteiger partial charge in [0.2, 0.25) is 0 Å². The molecule has 35 heavy (non-hydrogen) atoms. The molecule has 0 saturated carbocycles. The van der Waals surface area contributed by atoms with Crippen molar-refractivity contribution in [2.45, 2.75) is 51.7 Å². The summed E-state index contributed by atoms with van der Waals surface area (Å²) in [4.78, 5) is 29.8. The Labute approximate surface area is 209 Å². The molecule has 184 valence electrons. The second kappa shape index (κ2) is 10.5. The number of nitrogens with one attached hydrogen (secondary N) is 1. The van der Waals surface area contributed by atoms with E-state index in [1.54, 1.807) is 6.92 Å². The summed E-state index contributed by atoms with van der Waals surface area (Å²) in [5, 5.41) is 3.16. The number of carbonyl (C=O) groups is 2. The number of ether oxygens (including phenoxy) is 3. The first-order valence-corrected chi connectivity index (χ1v) is 12.5. The Morgan fingerprint density at radius 1 is 1.23 bits per heavy atom. The summed E-state index contributed by atoms with van der Waals surface area (Å²) in [6.45, 7) is 5.64. The second-order valence-corrected chi connectivity index (χ2v) is 10.3. The molecular weight excluding hydrogens is 464 g/mol. The number of esters is 1. The summed E-state index contributed by atoms with van der Waals surface area (Å²) < 4.78 is 17.0. The van der Waals surface area contributed by atoms with Crippen molar-refractivity contribution in [2.75, 3.05) is 7.11 Å². The monoisotopic (exact) mass is 494 g/mol. The molecule has 2 aromatic carbocycles. The molecule has 3 aromatic rings. The van der Waals surface area contributed by atoms with Crippen LogP contribution < -0.4 is 14.8 Å². The van der Waals surface area contributed by atoms with Crippen molar-refractivity contribution in [2.24, 2.45) is 5.92 Å². The molecule has 1 aliphatic rings. The lowest BCUT2D eigenvalue weighted by Crippen LogP contribution is -2.53. The highest BCUT2D eigenvalue weighted by Gasteiger charge is 2.37. The molecule has 0 bridgehead atoms. The van der Waals surface area contributed by atoms with Gasteiger partial charge in [0.25, 0.3) is 11.1 Å². The molecule has 1 amide bonds. The summed E-state index contributed by atoms with van der Waals surface area (Å²) in [6, 6.07) is 15.9. The van der Waals surface area contributed by atoms with E-state index >= 15 is 0 Å². The Bertz CT molecular complexity index is 1190. The van der Waals surface area contributed by atoms with Gasteiger partial charge < -0.3 is 19.5 Å². The molecule has 0 aliphatic carbocycles. The number of benzene rings is 2. The number of methoxy groups -OCH3 is 1. The molecule has 1 aromatic heterocycles. The highest BCUT2D eigenvalue weighted by atomic mass is 32.1. The van der Waals surface area contributed by atoms with Gasteiger partial charge in [0.05, 0.1) is 13.3 Å². The summed E-state index contributed by atoms with van der Waals surface area (Å²) in [5.41, 5.74) is 1.12. The van der Waals surface area contributed by atoms with E-state index in [0.717, 1.165) is 35.5 Å². The molecule has 4 rings (SSSR count). The lowest BCUT2D eigenvalue weighted by Gasteiger charge is -2.29. The van der Waals surface area contributed by atoms with Gasteiger partial charge in [-0.1, -0.05) is 55.5 Å². The van der Waals surface area contributed by atoms with Gasteiger partial charge in [-0.05, 0) is 61.4 Å². The third kappa shape index (κ3) is 5.82. The summed E-state index contributed by atoms with van der Waals surface area (Å²) in [6.07, 6.45) is 3.71. The zero-order valence-corrected chi connectivity index (χ0v) is 21.2. The first-order chi connectivity index (χ1) is 16.8. The van der Waals surface area contributed by atoms with Crippen LogP contribution in [0.2, 0.25) is 0 Å². The van der Waals surface area contributed by atoms with E-state index in [0.29, 0.717) is 22.2 Å². The van der Waals surface area contributed by atoms with E-state index < -0.39 is 17.4 Å². The minimum absolute atomic E-state index is 0.0434. The third-order valence-electron chi connectivity index (χ3n) is 5.90. The first kappa shape index (κ1) is 24.7. The molecule has 0 spiro atoms. The Morgan fingerprint density at radius 3 is 2.71 bits per heavy atom. The Morgan fingerprint density at radius 2 is 2.00 bits per heavy atom. The summed E-state index contributed by atoms with van der Waals surface area (Å²) >= 11 is 1.12. The van der Waals surface area contributed by atoms with E-state index in [2.05, 4.69) is 22.4 Å². The van der Waals surface area contributed by atoms with Crippen LogP contribution in [0.25, 0.3) is 0 Å². The average molecular weight is 495 g/mol. The molecule has 1 unspecified atom stereocenters. The number of nitrogens with zero attached hydrogens (tertiary/aromatic N) is 1. The molecule has 8 heteroatoms. The topological polar surface area (TPSA) is 86.8 Å². The van der Waals surface area contributed by atoms with Crippen LogP contribution in [-0.4, -0.2) is 29.5 Å². The van der Waals surface area contributed by atoms with Crippen LogP contribution in [0.4, 0.5) is 0 Å². The molecule has 0 saturated heterocycles. The van der Waals surface area contributed by atoms with Crippen LogP contribution in [0, 0.1) is 5.92 Å². The standard InChI is InChI=1S/C27H30N2O5S/c1-17(2)15-27(3,25(31)32-4)29-24(30)23-16-28-26(35-23)33-20-11-13-22-19(14-20)10-12-21(34-22)18-8-6-5-7-9-18/h5-9,11,13-14,16-17,21H,10,12,15H2,1-4H3,(H,29,30)/t21-,27?/m0/s1. The second-order valence-electron chi connectivity index (χ2n) is 9.29. The van der Waals surface area contributed by atoms with Gasteiger partial charge in [-0.3, -0.25) is 4.79 Å². The zero-order valence-electron chi connectivity index (χ0n) is 20.4. The van der Waals surface area contributed by atoms with Gasteiger partial charge in [-0.25, -0.2) is 9.78 Å². The van der Waals surface area contributed by atoms with Crippen molar-refractivity contribution >= 4 is 23.2 Å². The SMILES string of the molecule is COC(=O)C(C)(CC(C)C)NC(=O)c1cnc(Oc2ccc3c(c2)CC[C@@H](c2ccccc2)O3)s1. The Balaban J connectivity index is 1.42. The van der Waals surface area contributed by atoms with Crippen molar-refractivity contribution < 1.29 is 23.8 Å². The molecule has 1 aliphatic heterocycles. The van der Waals surface area contributed by atoms with Crippen molar-refractivity contribution in [3.05, 3.63) is 70.7 Å². The molecule has 2 atom stereocenters. The normalized spacial score (nSPS) is 16.5. The molecule has 2 heterocycles. The van der Waals surface area contributed by atoms with Crippen molar-refractivity contribution in [3.8, 4) is 16.7 Å². The average Bonchev–Trinajstić information content (AvgIpc) is 3.32. The van der Waals surface area contributed by atoms with Crippen LogP contribution in [-0.2, 0) is 16.0 Å². The number of hydrogen-bond donors (Lipinski definition) is 1. The van der Waals surface area contributed by atoms with Gasteiger partial charge in [0.15, 0.2) is 0 Å². The summed E-state index contributed by atoms with van der Waals surface area (Å²) in [5.74, 6) is 0.800. The largest absolute Gasteiger partial charge is 0.485 e. The maximum atomic E-state index is 12.8. The number of carbonyl (C=O) groups excluding carboxylic acids is 2. The molecular formula is C27H30N2O5S. The molecule has 1 N–H and O–H groups in total. The number of hydrogen-bond acceptors (Lipinski definition) is 7. The molecule has 0 radical (unpaired) electrons. The van der Waals surface area contributed by atoms with Crippen LogP contribution in [0.15, 0.2) is 54.7 Å². The van der Waals surface area contributed by atoms with Crippen molar-refractivity contribution in [3.63, 3.8) is 0 Å². The van der Waals surface area contributed by atoms with Crippen molar-refractivity contribution in [1.82, 2.24) is 10.3 Å². The van der Waals surface area contributed by atoms with Crippen molar-refractivity contribution in [1.29, 1.82) is 0 Å².